The van der Waals surface area contributed by atoms with Crippen LogP contribution in [0.1, 0.15) is 65.7 Å². The van der Waals surface area contributed by atoms with E-state index in [1.165, 1.54) is 44.1 Å². The van der Waals surface area contributed by atoms with Gasteiger partial charge < -0.3 is 0 Å². The standard InChI is InChI=1S/C25H32/c1-6-17-9-11-20-19(15-17)10-12-21-22-13-14-24(4,8-3)25(22,5)16-18(7-2)23(20)21/h2-3,6,15,18,20-23H,9-14,16H2,1,4-5H3/b17-6-/t18?,20?,21?,22?,23?,24-,25?/m1/s1. The summed E-state index contributed by atoms with van der Waals surface area (Å²) in [5.41, 5.74) is 3.48. The Labute approximate surface area is 154 Å². The second kappa shape index (κ2) is 5.81. The first-order valence-electron chi connectivity index (χ1n) is 10.3. The van der Waals surface area contributed by atoms with Gasteiger partial charge in [0.1, 0.15) is 0 Å². The number of hydrogen-bond acceptors (Lipinski definition) is 0. The number of hydrogen-bond donors (Lipinski definition) is 0. The summed E-state index contributed by atoms with van der Waals surface area (Å²) in [5.74, 6) is 9.83. The average molecular weight is 333 g/mol. The maximum absolute atomic E-state index is 6.12. The van der Waals surface area contributed by atoms with Gasteiger partial charge in [0, 0.05) is 11.3 Å². The maximum Gasteiger partial charge on any atom is 0.0340 e. The molecule has 7 atom stereocenters. The molecule has 3 fully saturated rings. The molecule has 25 heavy (non-hydrogen) atoms. The lowest BCUT2D eigenvalue weighted by Crippen LogP contribution is -2.52. The van der Waals surface area contributed by atoms with Crippen molar-refractivity contribution in [3.8, 4) is 24.7 Å². The van der Waals surface area contributed by atoms with Gasteiger partial charge in [-0.3, -0.25) is 0 Å². The molecule has 0 aromatic heterocycles. The Kier molecular flexibility index (Phi) is 3.96. The predicted octanol–water partition coefficient (Wildman–Crippen LogP) is 6.00. The second-order valence-corrected chi connectivity index (χ2v) is 9.52. The molecule has 0 aliphatic heterocycles. The van der Waals surface area contributed by atoms with E-state index in [0.717, 1.165) is 24.2 Å². The largest absolute Gasteiger partial charge is 0.120 e. The van der Waals surface area contributed by atoms with Crippen LogP contribution < -0.4 is 0 Å². The van der Waals surface area contributed by atoms with Crippen LogP contribution >= 0.6 is 0 Å². The lowest BCUT2D eigenvalue weighted by Gasteiger charge is -2.57. The van der Waals surface area contributed by atoms with Crippen LogP contribution in [-0.2, 0) is 0 Å². The zero-order valence-corrected chi connectivity index (χ0v) is 16.1. The van der Waals surface area contributed by atoms with Gasteiger partial charge in [0.05, 0.1) is 0 Å². The van der Waals surface area contributed by atoms with Crippen molar-refractivity contribution in [2.24, 2.45) is 40.4 Å². The summed E-state index contributed by atoms with van der Waals surface area (Å²) in [5, 5.41) is 0. The van der Waals surface area contributed by atoms with E-state index in [1.54, 1.807) is 5.57 Å². The van der Waals surface area contributed by atoms with E-state index in [-0.39, 0.29) is 10.8 Å². The third-order valence-corrected chi connectivity index (χ3v) is 8.88. The lowest BCUT2D eigenvalue weighted by molar-refractivity contribution is -0.0564. The Morgan fingerprint density at radius 2 is 1.96 bits per heavy atom. The van der Waals surface area contributed by atoms with E-state index in [9.17, 15) is 0 Å². The molecule has 0 N–H and O–H groups in total. The number of allylic oxidation sites excluding steroid dienone is 4. The minimum absolute atomic E-state index is 0.0263. The van der Waals surface area contributed by atoms with Gasteiger partial charge in [0.25, 0.3) is 0 Å². The Morgan fingerprint density at radius 3 is 2.64 bits per heavy atom. The van der Waals surface area contributed by atoms with E-state index in [1.807, 2.05) is 0 Å². The average Bonchev–Trinajstić information content (AvgIpc) is 2.91. The van der Waals surface area contributed by atoms with Gasteiger partial charge in [-0.25, -0.2) is 0 Å². The highest BCUT2D eigenvalue weighted by molar-refractivity contribution is 5.33. The molecule has 0 radical (unpaired) electrons. The summed E-state index contributed by atoms with van der Waals surface area (Å²) in [7, 11) is 0. The molecule has 0 spiro atoms. The Morgan fingerprint density at radius 1 is 1.16 bits per heavy atom. The smallest absolute Gasteiger partial charge is 0.0340 e. The van der Waals surface area contributed by atoms with Crippen molar-refractivity contribution in [2.75, 3.05) is 0 Å². The highest BCUT2D eigenvalue weighted by Crippen LogP contribution is 2.68. The molecule has 0 aromatic rings. The molecule has 0 amide bonds. The third-order valence-electron chi connectivity index (χ3n) is 8.88. The van der Waals surface area contributed by atoms with Crippen LogP contribution in [0.5, 0.6) is 0 Å². The fourth-order valence-corrected chi connectivity index (χ4v) is 7.24. The van der Waals surface area contributed by atoms with E-state index in [0.29, 0.717) is 11.8 Å². The highest BCUT2D eigenvalue weighted by atomic mass is 14.7. The first-order valence-corrected chi connectivity index (χ1v) is 10.3. The van der Waals surface area contributed by atoms with E-state index in [4.69, 9.17) is 12.8 Å². The first kappa shape index (κ1) is 17.0. The van der Waals surface area contributed by atoms with Crippen LogP contribution in [0.25, 0.3) is 0 Å². The summed E-state index contributed by atoms with van der Waals surface area (Å²) in [6, 6.07) is 0. The van der Waals surface area contributed by atoms with E-state index < -0.39 is 0 Å². The molecule has 0 saturated heterocycles. The maximum atomic E-state index is 6.12. The molecular weight excluding hydrogens is 300 g/mol. The summed E-state index contributed by atoms with van der Waals surface area (Å²) in [4.78, 5) is 0. The minimum atomic E-state index is 0.0263. The van der Waals surface area contributed by atoms with Gasteiger partial charge in [-0.05, 0) is 87.9 Å². The predicted molar refractivity (Wildman–Crippen MR) is 105 cm³/mol. The molecule has 0 nitrogen and oxygen atoms in total. The van der Waals surface area contributed by atoms with Crippen LogP contribution in [0.2, 0.25) is 0 Å². The number of rotatable bonds is 0. The Hall–Kier alpha value is -1.40. The molecule has 132 valence electrons. The van der Waals surface area contributed by atoms with Crippen molar-refractivity contribution >= 4 is 0 Å². The third kappa shape index (κ3) is 2.23. The highest BCUT2D eigenvalue weighted by Gasteiger charge is 2.62. The van der Waals surface area contributed by atoms with Gasteiger partial charge >= 0.3 is 0 Å². The van der Waals surface area contributed by atoms with Gasteiger partial charge in [-0.1, -0.05) is 36.1 Å². The monoisotopic (exact) mass is 332 g/mol. The molecule has 3 saturated carbocycles. The summed E-state index contributed by atoms with van der Waals surface area (Å²) >= 11 is 0. The van der Waals surface area contributed by atoms with Gasteiger partial charge in [0.2, 0.25) is 0 Å². The van der Waals surface area contributed by atoms with Crippen LogP contribution in [0.15, 0.2) is 23.3 Å². The summed E-state index contributed by atoms with van der Waals surface area (Å²) in [6.07, 6.45) is 25.7. The molecule has 0 aromatic carbocycles. The van der Waals surface area contributed by atoms with Crippen LogP contribution in [-0.4, -0.2) is 0 Å². The molecule has 0 bridgehead atoms. The van der Waals surface area contributed by atoms with Crippen LogP contribution in [0.3, 0.4) is 0 Å². The summed E-state index contributed by atoms with van der Waals surface area (Å²) in [6.45, 7) is 6.97. The molecule has 4 aliphatic rings. The zero-order chi connectivity index (χ0) is 17.8. The SMILES string of the molecule is C#CC1CC2(C)C(CC[C@@]2(C)C#C)C2CCC3=C/C(=C\C)CCC3C12. The van der Waals surface area contributed by atoms with Gasteiger partial charge in [-0.2, -0.15) is 0 Å². The van der Waals surface area contributed by atoms with E-state index in [2.05, 4.69) is 44.8 Å². The number of fused-ring (bicyclic) bond motifs is 5. The zero-order valence-electron chi connectivity index (χ0n) is 16.1. The summed E-state index contributed by atoms with van der Waals surface area (Å²) < 4.78 is 0. The number of terminal acetylenes is 2. The molecule has 4 aliphatic carbocycles. The minimum Gasteiger partial charge on any atom is -0.120 e. The molecule has 0 heteroatoms. The normalized spacial score (nSPS) is 50.0. The van der Waals surface area contributed by atoms with Crippen molar-refractivity contribution in [1.29, 1.82) is 0 Å². The Balaban J connectivity index is 1.73. The molecule has 4 rings (SSSR count). The quantitative estimate of drug-likeness (QED) is 0.477. The van der Waals surface area contributed by atoms with Gasteiger partial charge in [-0.15, -0.1) is 18.8 Å². The molecular formula is C25H32. The van der Waals surface area contributed by atoms with Crippen molar-refractivity contribution in [2.45, 2.75) is 65.7 Å². The van der Waals surface area contributed by atoms with Crippen molar-refractivity contribution in [3.63, 3.8) is 0 Å². The molecule has 0 heterocycles. The first-order chi connectivity index (χ1) is 12.0. The topological polar surface area (TPSA) is 0 Å². The van der Waals surface area contributed by atoms with Crippen molar-refractivity contribution in [3.05, 3.63) is 23.3 Å². The molecule has 6 unspecified atom stereocenters. The van der Waals surface area contributed by atoms with Gasteiger partial charge in [0.15, 0.2) is 0 Å². The van der Waals surface area contributed by atoms with Crippen molar-refractivity contribution in [1.82, 2.24) is 0 Å². The lowest BCUT2D eigenvalue weighted by atomic mass is 9.46. The fourth-order valence-electron chi connectivity index (χ4n) is 7.24. The van der Waals surface area contributed by atoms with Crippen LogP contribution in [0.4, 0.5) is 0 Å². The Bertz CT molecular complexity index is 707. The fraction of sp³-hybridized carbons (Fsp3) is 0.680. The second-order valence-electron chi connectivity index (χ2n) is 9.52. The van der Waals surface area contributed by atoms with Crippen LogP contribution in [0, 0.1) is 65.1 Å². The van der Waals surface area contributed by atoms with E-state index >= 15 is 0 Å². The van der Waals surface area contributed by atoms with Crippen molar-refractivity contribution < 1.29 is 0 Å².